The van der Waals surface area contributed by atoms with Crippen LogP contribution in [0.1, 0.15) is 40.2 Å². The van der Waals surface area contributed by atoms with Gasteiger partial charge in [0.25, 0.3) is 0 Å². The molecule has 1 fully saturated rings. The summed E-state index contributed by atoms with van der Waals surface area (Å²) in [7, 11) is 1.59. The molecule has 1 aliphatic heterocycles. The highest BCUT2D eigenvalue weighted by molar-refractivity contribution is 5.92. The molecule has 1 aromatic carbocycles. The maximum atomic E-state index is 12.5. The van der Waals surface area contributed by atoms with Crippen LogP contribution in [0.15, 0.2) is 24.3 Å². The summed E-state index contributed by atoms with van der Waals surface area (Å²) in [6.45, 7) is 11.3. The van der Waals surface area contributed by atoms with E-state index in [-0.39, 0.29) is 18.1 Å². The van der Waals surface area contributed by atoms with Crippen molar-refractivity contribution in [3.05, 3.63) is 29.8 Å². The predicted octanol–water partition coefficient (Wildman–Crippen LogP) is 3.57. The van der Waals surface area contributed by atoms with E-state index in [9.17, 15) is 9.59 Å². The molecule has 160 valence electrons. The molecule has 0 atom stereocenters. The standard InChI is InChI=1S/C22H32N2O5/c1-16(2)28-18-9-7-17(15-19(18)27-6)8-10-20(25)23-11-13-24(14-12-23)21(26)29-22(3,4)5/h7-10,15-16H,11-14H2,1-6H3/b10-8+. The van der Waals surface area contributed by atoms with Gasteiger partial charge in [0.05, 0.1) is 13.2 Å². The number of methoxy groups -OCH3 is 1. The highest BCUT2D eigenvalue weighted by Gasteiger charge is 2.26. The Balaban J connectivity index is 1.92. The van der Waals surface area contributed by atoms with Crippen molar-refractivity contribution >= 4 is 18.1 Å². The van der Waals surface area contributed by atoms with E-state index < -0.39 is 5.60 Å². The van der Waals surface area contributed by atoms with Crippen molar-refractivity contribution in [1.82, 2.24) is 9.80 Å². The summed E-state index contributed by atoms with van der Waals surface area (Å²) >= 11 is 0. The van der Waals surface area contributed by atoms with Crippen molar-refractivity contribution in [2.75, 3.05) is 33.3 Å². The van der Waals surface area contributed by atoms with Crippen LogP contribution in [0.2, 0.25) is 0 Å². The molecule has 1 aromatic rings. The van der Waals surface area contributed by atoms with Gasteiger partial charge in [-0.1, -0.05) is 6.07 Å². The normalized spacial score (nSPS) is 15.0. The Morgan fingerprint density at radius 2 is 1.66 bits per heavy atom. The molecule has 0 radical (unpaired) electrons. The minimum absolute atomic E-state index is 0.0474. The number of carbonyl (C=O) groups excluding carboxylic acids is 2. The number of carbonyl (C=O) groups is 2. The Hall–Kier alpha value is -2.70. The molecule has 7 heteroatoms. The van der Waals surface area contributed by atoms with Crippen molar-refractivity contribution in [2.24, 2.45) is 0 Å². The Morgan fingerprint density at radius 1 is 1.03 bits per heavy atom. The first-order chi connectivity index (χ1) is 13.6. The van der Waals surface area contributed by atoms with E-state index in [1.54, 1.807) is 29.1 Å². The van der Waals surface area contributed by atoms with Crippen molar-refractivity contribution in [3.8, 4) is 11.5 Å². The van der Waals surface area contributed by atoms with Crippen molar-refractivity contribution in [3.63, 3.8) is 0 Å². The van der Waals surface area contributed by atoms with Gasteiger partial charge in [-0.25, -0.2) is 4.79 Å². The van der Waals surface area contributed by atoms with Gasteiger partial charge < -0.3 is 24.0 Å². The number of amides is 2. The van der Waals surface area contributed by atoms with Crippen LogP contribution in [0.4, 0.5) is 4.79 Å². The monoisotopic (exact) mass is 404 g/mol. The fraction of sp³-hybridized carbons (Fsp3) is 0.545. The molecule has 29 heavy (non-hydrogen) atoms. The van der Waals surface area contributed by atoms with Gasteiger partial charge in [-0.3, -0.25) is 4.79 Å². The summed E-state index contributed by atoms with van der Waals surface area (Å²) in [5.41, 5.74) is 0.322. The van der Waals surface area contributed by atoms with Crippen LogP contribution in [-0.4, -0.2) is 66.8 Å². The SMILES string of the molecule is COc1cc(/C=C/C(=O)N2CCN(C(=O)OC(C)(C)C)CC2)ccc1OC(C)C. The summed E-state index contributed by atoms with van der Waals surface area (Å²) in [6.07, 6.45) is 3.01. The van der Waals surface area contributed by atoms with E-state index in [4.69, 9.17) is 14.2 Å². The van der Waals surface area contributed by atoms with E-state index in [0.717, 1.165) is 5.56 Å². The molecule has 1 aliphatic rings. The summed E-state index contributed by atoms with van der Waals surface area (Å²) in [5.74, 6) is 1.21. The number of ether oxygens (including phenoxy) is 3. The average Bonchev–Trinajstić information content (AvgIpc) is 2.65. The molecule has 0 saturated carbocycles. The summed E-state index contributed by atoms with van der Waals surface area (Å²) < 4.78 is 16.5. The Kier molecular flexibility index (Phi) is 7.53. The fourth-order valence-electron chi connectivity index (χ4n) is 2.85. The van der Waals surface area contributed by atoms with Gasteiger partial charge in [0.1, 0.15) is 5.60 Å². The smallest absolute Gasteiger partial charge is 0.410 e. The minimum atomic E-state index is -0.524. The molecule has 0 aromatic heterocycles. The lowest BCUT2D eigenvalue weighted by Gasteiger charge is -2.35. The van der Waals surface area contributed by atoms with E-state index >= 15 is 0 Å². The van der Waals surface area contributed by atoms with Gasteiger partial charge in [-0.2, -0.15) is 0 Å². The van der Waals surface area contributed by atoms with Crippen LogP contribution < -0.4 is 9.47 Å². The van der Waals surface area contributed by atoms with E-state index in [0.29, 0.717) is 37.7 Å². The number of hydrogen-bond acceptors (Lipinski definition) is 5. The molecule has 0 N–H and O–H groups in total. The first-order valence-corrected chi connectivity index (χ1v) is 9.88. The zero-order valence-electron chi connectivity index (χ0n) is 18.2. The number of benzene rings is 1. The van der Waals surface area contributed by atoms with Crippen molar-refractivity contribution < 1.29 is 23.8 Å². The Morgan fingerprint density at radius 3 is 2.21 bits per heavy atom. The first-order valence-electron chi connectivity index (χ1n) is 9.88. The topological polar surface area (TPSA) is 68.3 Å². The fourth-order valence-corrected chi connectivity index (χ4v) is 2.85. The van der Waals surface area contributed by atoms with Gasteiger partial charge in [-0.15, -0.1) is 0 Å². The third kappa shape index (κ3) is 7.00. The van der Waals surface area contributed by atoms with Gasteiger partial charge in [-0.05, 0) is 58.4 Å². The zero-order chi connectivity index (χ0) is 21.6. The molecule has 0 spiro atoms. The van der Waals surface area contributed by atoms with Crippen LogP contribution >= 0.6 is 0 Å². The average molecular weight is 405 g/mol. The van der Waals surface area contributed by atoms with Crippen LogP contribution in [-0.2, 0) is 9.53 Å². The molecule has 2 rings (SSSR count). The Bertz CT molecular complexity index is 744. The molecule has 1 saturated heterocycles. The molecular weight excluding hydrogens is 372 g/mol. The largest absolute Gasteiger partial charge is 0.493 e. The first kappa shape index (κ1) is 22.6. The summed E-state index contributed by atoms with van der Waals surface area (Å²) in [6, 6.07) is 5.55. The highest BCUT2D eigenvalue weighted by atomic mass is 16.6. The van der Waals surface area contributed by atoms with Crippen LogP contribution in [0, 0.1) is 0 Å². The van der Waals surface area contributed by atoms with Crippen LogP contribution in [0.5, 0.6) is 11.5 Å². The van der Waals surface area contributed by atoms with Crippen molar-refractivity contribution in [2.45, 2.75) is 46.3 Å². The second-order valence-electron chi connectivity index (χ2n) is 8.20. The highest BCUT2D eigenvalue weighted by Crippen LogP contribution is 2.29. The number of hydrogen-bond donors (Lipinski definition) is 0. The third-order valence-corrected chi connectivity index (χ3v) is 4.21. The third-order valence-electron chi connectivity index (χ3n) is 4.21. The zero-order valence-corrected chi connectivity index (χ0v) is 18.2. The number of rotatable bonds is 5. The van der Waals surface area contributed by atoms with Gasteiger partial charge in [0, 0.05) is 32.3 Å². The molecule has 7 nitrogen and oxygen atoms in total. The quantitative estimate of drug-likeness (QED) is 0.702. The lowest BCUT2D eigenvalue weighted by atomic mass is 10.1. The van der Waals surface area contributed by atoms with E-state index in [1.165, 1.54) is 0 Å². The van der Waals surface area contributed by atoms with E-state index in [2.05, 4.69) is 0 Å². The van der Waals surface area contributed by atoms with E-state index in [1.807, 2.05) is 52.8 Å². The van der Waals surface area contributed by atoms with Crippen LogP contribution in [0.3, 0.4) is 0 Å². The minimum Gasteiger partial charge on any atom is -0.493 e. The number of piperazine rings is 1. The molecule has 2 amide bonds. The summed E-state index contributed by atoms with van der Waals surface area (Å²) in [4.78, 5) is 28.0. The second kappa shape index (κ2) is 9.67. The van der Waals surface area contributed by atoms with Gasteiger partial charge >= 0.3 is 6.09 Å². The Labute approximate surface area is 173 Å². The van der Waals surface area contributed by atoms with Gasteiger partial charge in [0.15, 0.2) is 11.5 Å². The predicted molar refractivity (Wildman–Crippen MR) is 112 cm³/mol. The number of nitrogens with zero attached hydrogens (tertiary/aromatic N) is 2. The molecule has 1 heterocycles. The van der Waals surface area contributed by atoms with Gasteiger partial charge in [0.2, 0.25) is 5.91 Å². The lowest BCUT2D eigenvalue weighted by molar-refractivity contribution is -0.127. The van der Waals surface area contributed by atoms with Crippen LogP contribution in [0.25, 0.3) is 6.08 Å². The molecular formula is C22H32N2O5. The lowest BCUT2D eigenvalue weighted by Crippen LogP contribution is -2.51. The maximum absolute atomic E-state index is 12.5. The molecule has 0 bridgehead atoms. The molecule has 0 unspecified atom stereocenters. The second-order valence-corrected chi connectivity index (χ2v) is 8.20. The summed E-state index contributed by atoms with van der Waals surface area (Å²) in [5, 5.41) is 0. The maximum Gasteiger partial charge on any atom is 0.410 e. The molecule has 0 aliphatic carbocycles. The van der Waals surface area contributed by atoms with Crippen molar-refractivity contribution in [1.29, 1.82) is 0 Å².